The molecule has 0 saturated carbocycles. The van der Waals surface area contributed by atoms with Gasteiger partial charge >= 0.3 is 0 Å². The molecule has 0 spiro atoms. The van der Waals surface area contributed by atoms with E-state index in [1.165, 1.54) is 6.07 Å². The number of benzene rings is 2. The zero-order valence-electron chi connectivity index (χ0n) is 11.5. The second kappa shape index (κ2) is 7.46. The zero-order valence-corrected chi connectivity index (χ0v) is 13.7. The Morgan fingerprint density at radius 1 is 1.10 bits per heavy atom. The summed E-state index contributed by atoms with van der Waals surface area (Å²) in [7, 11) is 0. The first-order chi connectivity index (χ1) is 10.0. The lowest BCUT2D eigenvalue weighted by Crippen LogP contribution is -2.23. The van der Waals surface area contributed by atoms with Crippen LogP contribution in [0.2, 0.25) is 15.1 Å². The first-order valence-electron chi connectivity index (χ1n) is 6.64. The van der Waals surface area contributed by atoms with Crippen LogP contribution in [0.15, 0.2) is 36.4 Å². The van der Waals surface area contributed by atoms with E-state index >= 15 is 0 Å². The number of hydrogen-bond donors (Lipinski definition) is 1. The van der Waals surface area contributed by atoms with Crippen LogP contribution in [0.1, 0.15) is 24.1 Å². The predicted molar refractivity (Wildman–Crippen MR) is 88.0 cm³/mol. The monoisotopic (exact) mass is 345 g/mol. The van der Waals surface area contributed by atoms with Crippen LogP contribution in [0.25, 0.3) is 0 Å². The molecule has 0 amide bonds. The highest BCUT2D eigenvalue weighted by atomic mass is 35.5. The molecule has 1 N–H and O–H groups in total. The van der Waals surface area contributed by atoms with Crippen LogP contribution in [-0.4, -0.2) is 6.54 Å². The molecule has 0 bridgehead atoms. The lowest BCUT2D eigenvalue weighted by atomic mass is 9.98. The number of likely N-dealkylation sites (N-methyl/N-ethyl adjacent to an activating group) is 1. The molecule has 2 aromatic carbocycles. The highest BCUT2D eigenvalue weighted by molar-refractivity contribution is 6.42. The van der Waals surface area contributed by atoms with Crippen molar-refractivity contribution < 1.29 is 4.39 Å². The summed E-state index contributed by atoms with van der Waals surface area (Å²) in [6.45, 7) is 2.79. The summed E-state index contributed by atoms with van der Waals surface area (Å²) < 4.78 is 13.5. The van der Waals surface area contributed by atoms with Crippen molar-refractivity contribution in [3.05, 3.63) is 68.4 Å². The predicted octanol–water partition coefficient (Wildman–Crippen LogP) is 5.68. The summed E-state index contributed by atoms with van der Waals surface area (Å²) in [6, 6.07) is 10.3. The Bertz CT molecular complexity index is 631. The SMILES string of the molecule is CCNC(Cc1cccc(F)c1Cl)c1ccc(Cl)c(Cl)c1. The van der Waals surface area contributed by atoms with Gasteiger partial charge in [-0.3, -0.25) is 0 Å². The molecule has 2 aromatic rings. The van der Waals surface area contributed by atoms with Gasteiger partial charge in [0, 0.05) is 6.04 Å². The molecule has 5 heteroatoms. The van der Waals surface area contributed by atoms with E-state index in [4.69, 9.17) is 34.8 Å². The lowest BCUT2D eigenvalue weighted by molar-refractivity contribution is 0.547. The molecule has 0 aliphatic carbocycles. The van der Waals surface area contributed by atoms with Gasteiger partial charge in [0.2, 0.25) is 0 Å². The molecule has 0 saturated heterocycles. The van der Waals surface area contributed by atoms with E-state index < -0.39 is 5.82 Å². The fourth-order valence-corrected chi connectivity index (χ4v) is 2.72. The molecule has 1 unspecified atom stereocenters. The highest BCUT2D eigenvalue weighted by Gasteiger charge is 2.15. The Kier molecular flexibility index (Phi) is 5.88. The van der Waals surface area contributed by atoms with Crippen LogP contribution in [-0.2, 0) is 6.42 Å². The van der Waals surface area contributed by atoms with Crippen LogP contribution in [0.4, 0.5) is 4.39 Å². The van der Waals surface area contributed by atoms with Gasteiger partial charge in [-0.25, -0.2) is 4.39 Å². The van der Waals surface area contributed by atoms with Crippen molar-refractivity contribution in [3.8, 4) is 0 Å². The van der Waals surface area contributed by atoms with E-state index in [9.17, 15) is 4.39 Å². The molecule has 0 aliphatic heterocycles. The fourth-order valence-electron chi connectivity index (χ4n) is 2.21. The third-order valence-electron chi connectivity index (χ3n) is 3.25. The molecular formula is C16H15Cl3FN. The van der Waals surface area contributed by atoms with Crippen molar-refractivity contribution in [1.82, 2.24) is 5.32 Å². The minimum absolute atomic E-state index is 0.0101. The molecular weight excluding hydrogens is 332 g/mol. The van der Waals surface area contributed by atoms with Gasteiger partial charge in [0.1, 0.15) is 5.82 Å². The smallest absolute Gasteiger partial charge is 0.142 e. The van der Waals surface area contributed by atoms with Crippen LogP contribution in [0.5, 0.6) is 0 Å². The molecule has 2 rings (SSSR count). The molecule has 0 aliphatic rings. The van der Waals surface area contributed by atoms with Crippen molar-refractivity contribution in [2.75, 3.05) is 6.54 Å². The van der Waals surface area contributed by atoms with Gasteiger partial charge in [0.25, 0.3) is 0 Å². The molecule has 0 radical (unpaired) electrons. The van der Waals surface area contributed by atoms with Gasteiger partial charge in [-0.2, -0.15) is 0 Å². The summed E-state index contributed by atoms with van der Waals surface area (Å²) in [4.78, 5) is 0. The first-order valence-corrected chi connectivity index (χ1v) is 7.77. The second-order valence-electron chi connectivity index (χ2n) is 4.70. The molecule has 21 heavy (non-hydrogen) atoms. The van der Waals surface area contributed by atoms with Crippen molar-refractivity contribution in [2.24, 2.45) is 0 Å². The first kappa shape index (κ1) is 16.6. The quantitative estimate of drug-likeness (QED) is 0.734. The van der Waals surface area contributed by atoms with Crippen molar-refractivity contribution in [1.29, 1.82) is 0 Å². The van der Waals surface area contributed by atoms with E-state index in [-0.39, 0.29) is 11.1 Å². The topological polar surface area (TPSA) is 12.0 Å². The molecule has 1 atom stereocenters. The van der Waals surface area contributed by atoms with Gasteiger partial charge < -0.3 is 5.32 Å². The minimum atomic E-state index is -0.404. The molecule has 1 nitrogen and oxygen atoms in total. The second-order valence-corrected chi connectivity index (χ2v) is 5.89. The van der Waals surface area contributed by atoms with Crippen molar-refractivity contribution in [2.45, 2.75) is 19.4 Å². The minimum Gasteiger partial charge on any atom is -0.310 e. The average molecular weight is 347 g/mol. The zero-order chi connectivity index (χ0) is 15.4. The Morgan fingerprint density at radius 3 is 2.52 bits per heavy atom. The number of halogens is 4. The van der Waals surface area contributed by atoms with Gasteiger partial charge in [-0.05, 0) is 42.3 Å². The van der Waals surface area contributed by atoms with Crippen molar-refractivity contribution in [3.63, 3.8) is 0 Å². The highest BCUT2D eigenvalue weighted by Crippen LogP contribution is 2.29. The molecule has 0 heterocycles. The number of rotatable bonds is 5. The molecule has 0 fully saturated rings. The molecule has 112 valence electrons. The standard InChI is InChI=1S/C16H15Cl3FN/c1-2-21-15(10-6-7-12(17)13(18)8-10)9-11-4-3-5-14(20)16(11)19/h3-8,15,21H,2,9H2,1H3. The van der Waals surface area contributed by atoms with Crippen LogP contribution in [0.3, 0.4) is 0 Å². The van der Waals surface area contributed by atoms with Crippen LogP contribution in [0, 0.1) is 5.82 Å². The third-order valence-corrected chi connectivity index (χ3v) is 4.41. The summed E-state index contributed by atoms with van der Waals surface area (Å²) in [5.41, 5.74) is 1.75. The Balaban J connectivity index is 2.30. The summed E-state index contributed by atoms with van der Waals surface area (Å²) in [5.74, 6) is -0.404. The largest absolute Gasteiger partial charge is 0.310 e. The Morgan fingerprint density at radius 2 is 1.86 bits per heavy atom. The van der Waals surface area contributed by atoms with Gasteiger partial charge in [-0.15, -0.1) is 0 Å². The third kappa shape index (κ3) is 4.10. The maximum atomic E-state index is 13.5. The average Bonchev–Trinajstić information content (AvgIpc) is 2.46. The summed E-state index contributed by atoms with van der Waals surface area (Å²) in [5, 5.41) is 4.54. The van der Waals surface area contributed by atoms with Gasteiger partial charge in [0.15, 0.2) is 0 Å². The summed E-state index contributed by atoms with van der Waals surface area (Å²) in [6.07, 6.45) is 0.572. The molecule has 0 aromatic heterocycles. The fraction of sp³-hybridized carbons (Fsp3) is 0.250. The van der Waals surface area contributed by atoms with Crippen LogP contribution < -0.4 is 5.32 Å². The van der Waals surface area contributed by atoms with E-state index in [1.54, 1.807) is 12.1 Å². The maximum Gasteiger partial charge on any atom is 0.142 e. The van der Waals surface area contributed by atoms with E-state index in [2.05, 4.69) is 5.32 Å². The number of nitrogens with one attached hydrogen (secondary N) is 1. The lowest BCUT2D eigenvalue weighted by Gasteiger charge is -2.20. The van der Waals surface area contributed by atoms with Gasteiger partial charge in [-0.1, -0.05) is 59.9 Å². The van der Waals surface area contributed by atoms with Crippen LogP contribution >= 0.6 is 34.8 Å². The van der Waals surface area contributed by atoms with E-state index in [0.29, 0.717) is 16.5 Å². The van der Waals surface area contributed by atoms with Gasteiger partial charge in [0.05, 0.1) is 15.1 Å². The summed E-state index contributed by atoms with van der Waals surface area (Å²) >= 11 is 18.0. The van der Waals surface area contributed by atoms with Crippen molar-refractivity contribution >= 4 is 34.8 Å². The van der Waals surface area contributed by atoms with E-state index in [0.717, 1.165) is 17.7 Å². The maximum absolute atomic E-state index is 13.5. The Hall–Kier alpha value is -0.800. The number of hydrogen-bond acceptors (Lipinski definition) is 1. The Labute approximate surface area is 139 Å². The van der Waals surface area contributed by atoms with E-state index in [1.807, 2.05) is 25.1 Å². The normalized spacial score (nSPS) is 12.4.